The summed E-state index contributed by atoms with van der Waals surface area (Å²) in [6.07, 6.45) is 1.80. The van der Waals surface area contributed by atoms with Gasteiger partial charge in [-0.15, -0.1) is 0 Å². The zero-order valence-electron chi connectivity index (χ0n) is 15.1. The predicted molar refractivity (Wildman–Crippen MR) is 100 cm³/mol. The first-order valence-electron chi connectivity index (χ1n) is 8.73. The third-order valence-corrected chi connectivity index (χ3v) is 4.39. The lowest BCUT2D eigenvalue weighted by Crippen LogP contribution is -2.39. The number of carbonyl (C=O) groups excluding carboxylic acids is 2. The van der Waals surface area contributed by atoms with Crippen LogP contribution in [0.4, 0.5) is 10.5 Å². The van der Waals surface area contributed by atoms with Gasteiger partial charge in [0.25, 0.3) is 0 Å². The van der Waals surface area contributed by atoms with Crippen LogP contribution >= 0.6 is 0 Å². The number of urea groups is 1. The molecule has 1 saturated heterocycles. The summed E-state index contributed by atoms with van der Waals surface area (Å²) in [5, 5.41) is 2.93. The summed E-state index contributed by atoms with van der Waals surface area (Å²) in [4.78, 5) is 27.7. The highest BCUT2D eigenvalue weighted by Crippen LogP contribution is 2.21. The van der Waals surface area contributed by atoms with Gasteiger partial charge in [-0.25, -0.2) is 4.79 Å². The van der Waals surface area contributed by atoms with Crippen LogP contribution in [-0.2, 0) is 11.3 Å². The SMILES string of the molecule is C=C(C)CN(CC)C(=O)Nc1cccc(CN2CCCC2C(N)=O)c1. The minimum atomic E-state index is -0.264. The van der Waals surface area contributed by atoms with Gasteiger partial charge in [-0.3, -0.25) is 9.69 Å². The Labute approximate surface area is 149 Å². The Morgan fingerprint density at radius 2 is 2.20 bits per heavy atom. The first kappa shape index (κ1) is 19.0. The molecule has 1 unspecified atom stereocenters. The van der Waals surface area contributed by atoms with Gasteiger partial charge >= 0.3 is 6.03 Å². The maximum atomic E-state index is 12.4. The maximum Gasteiger partial charge on any atom is 0.322 e. The number of likely N-dealkylation sites (tertiary alicyclic amines) is 1. The fraction of sp³-hybridized carbons (Fsp3) is 0.474. The lowest BCUT2D eigenvalue weighted by atomic mass is 10.1. The number of benzene rings is 1. The molecule has 0 bridgehead atoms. The number of hydrogen-bond acceptors (Lipinski definition) is 3. The summed E-state index contributed by atoms with van der Waals surface area (Å²) in [6, 6.07) is 7.39. The first-order valence-corrected chi connectivity index (χ1v) is 8.73. The van der Waals surface area contributed by atoms with E-state index >= 15 is 0 Å². The smallest absolute Gasteiger partial charge is 0.322 e. The number of likely N-dealkylation sites (N-methyl/N-ethyl adjacent to an activating group) is 1. The Balaban J connectivity index is 2.02. The maximum absolute atomic E-state index is 12.4. The molecule has 136 valence electrons. The molecule has 1 heterocycles. The number of nitrogens with two attached hydrogens (primary N) is 1. The third-order valence-electron chi connectivity index (χ3n) is 4.39. The largest absolute Gasteiger partial charge is 0.368 e. The van der Waals surface area contributed by atoms with Crippen molar-refractivity contribution in [3.8, 4) is 0 Å². The quantitative estimate of drug-likeness (QED) is 0.746. The summed E-state index contributed by atoms with van der Waals surface area (Å²) >= 11 is 0. The molecule has 0 aliphatic carbocycles. The number of anilines is 1. The molecule has 1 aromatic carbocycles. The average molecular weight is 344 g/mol. The van der Waals surface area contributed by atoms with Crippen LogP contribution in [0.3, 0.4) is 0 Å². The highest BCUT2D eigenvalue weighted by molar-refractivity contribution is 5.89. The number of rotatable bonds is 7. The van der Waals surface area contributed by atoms with Crippen molar-refractivity contribution in [1.29, 1.82) is 0 Å². The molecule has 0 aromatic heterocycles. The van der Waals surface area contributed by atoms with Crippen molar-refractivity contribution in [3.05, 3.63) is 42.0 Å². The van der Waals surface area contributed by atoms with E-state index in [0.717, 1.165) is 36.2 Å². The molecule has 6 nitrogen and oxygen atoms in total. The number of hydrogen-bond donors (Lipinski definition) is 2. The van der Waals surface area contributed by atoms with Gasteiger partial charge in [-0.2, -0.15) is 0 Å². The van der Waals surface area contributed by atoms with E-state index in [2.05, 4.69) is 16.8 Å². The third kappa shape index (κ3) is 5.32. The summed E-state index contributed by atoms with van der Waals surface area (Å²) < 4.78 is 0. The Kier molecular flexibility index (Phi) is 6.58. The molecule has 3 N–H and O–H groups in total. The van der Waals surface area contributed by atoms with Crippen LogP contribution in [0.5, 0.6) is 0 Å². The van der Waals surface area contributed by atoms with E-state index in [0.29, 0.717) is 19.6 Å². The fourth-order valence-electron chi connectivity index (χ4n) is 3.18. The van der Waals surface area contributed by atoms with Gasteiger partial charge < -0.3 is 16.0 Å². The van der Waals surface area contributed by atoms with Crippen LogP contribution < -0.4 is 11.1 Å². The second kappa shape index (κ2) is 8.67. The Bertz CT molecular complexity index is 644. The highest BCUT2D eigenvalue weighted by Gasteiger charge is 2.28. The number of amides is 3. The van der Waals surface area contributed by atoms with Gasteiger partial charge in [-0.05, 0) is 50.9 Å². The van der Waals surface area contributed by atoms with Gasteiger partial charge in [0.15, 0.2) is 0 Å². The number of nitrogens with one attached hydrogen (secondary N) is 1. The van der Waals surface area contributed by atoms with Crippen molar-refractivity contribution < 1.29 is 9.59 Å². The van der Waals surface area contributed by atoms with Crippen molar-refractivity contribution in [3.63, 3.8) is 0 Å². The van der Waals surface area contributed by atoms with E-state index in [1.165, 1.54) is 0 Å². The molecule has 25 heavy (non-hydrogen) atoms. The lowest BCUT2D eigenvalue weighted by Gasteiger charge is -2.23. The summed E-state index contributed by atoms with van der Waals surface area (Å²) in [5.74, 6) is -0.264. The topological polar surface area (TPSA) is 78.7 Å². The molecule has 0 spiro atoms. The second-order valence-electron chi connectivity index (χ2n) is 6.63. The van der Waals surface area contributed by atoms with Gasteiger partial charge in [0.2, 0.25) is 5.91 Å². The monoisotopic (exact) mass is 344 g/mol. The van der Waals surface area contributed by atoms with Gasteiger partial charge in [0.1, 0.15) is 0 Å². The molecular weight excluding hydrogens is 316 g/mol. The summed E-state index contributed by atoms with van der Waals surface area (Å²) in [7, 11) is 0. The zero-order chi connectivity index (χ0) is 18.4. The van der Waals surface area contributed by atoms with E-state index in [1.54, 1.807) is 4.90 Å². The molecule has 1 atom stereocenters. The Hall–Kier alpha value is -2.34. The molecular formula is C19H28N4O2. The minimum Gasteiger partial charge on any atom is -0.368 e. The minimum absolute atomic E-state index is 0.140. The van der Waals surface area contributed by atoms with Gasteiger partial charge in [-0.1, -0.05) is 24.3 Å². The van der Waals surface area contributed by atoms with E-state index in [9.17, 15) is 9.59 Å². The van der Waals surface area contributed by atoms with Crippen molar-refractivity contribution in [2.45, 2.75) is 39.3 Å². The molecule has 1 aliphatic heterocycles. The first-order chi connectivity index (χ1) is 11.9. The van der Waals surface area contributed by atoms with E-state index in [-0.39, 0.29) is 18.0 Å². The van der Waals surface area contributed by atoms with Crippen molar-refractivity contribution in [1.82, 2.24) is 9.80 Å². The average Bonchev–Trinajstić information content (AvgIpc) is 3.01. The fourth-order valence-corrected chi connectivity index (χ4v) is 3.18. The van der Waals surface area contributed by atoms with Crippen LogP contribution in [0, 0.1) is 0 Å². The van der Waals surface area contributed by atoms with Crippen LogP contribution in [0.2, 0.25) is 0 Å². The Morgan fingerprint density at radius 1 is 1.44 bits per heavy atom. The molecule has 6 heteroatoms. The molecule has 1 fully saturated rings. The van der Waals surface area contributed by atoms with Crippen LogP contribution in [0.15, 0.2) is 36.4 Å². The molecule has 0 saturated carbocycles. The Morgan fingerprint density at radius 3 is 2.84 bits per heavy atom. The number of carbonyl (C=O) groups is 2. The van der Waals surface area contributed by atoms with Gasteiger partial charge in [0, 0.05) is 25.3 Å². The van der Waals surface area contributed by atoms with Crippen molar-refractivity contribution in [2.24, 2.45) is 5.73 Å². The molecule has 2 rings (SSSR count). The van der Waals surface area contributed by atoms with Crippen molar-refractivity contribution >= 4 is 17.6 Å². The highest BCUT2D eigenvalue weighted by atomic mass is 16.2. The van der Waals surface area contributed by atoms with E-state index < -0.39 is 0 Å². The van der Waals surface area contributed by atoms with E-state index in [1.807, 2.05) is 38.1 Å². The zero-order valence-corrected chi connectivity index (χ0v) is 15.1. The standard InChI is InChI=1S/C19H28N4O2/c1-4-22(12-14(2)3)19(25)21-16-8-5-7-15(11-16)13-23-10-6-9-17(23)18(20)24/h5,7-8,11,17H,2,4,6,9-10,12-13H2,1,3H3,(H2,20,24)(H,21,25). The predicted octanol–water partition coefficient (Wildman–Crippen LogP) is 2.57. The van der Waals surface area contributed by atoms with Crippen LogP contribution in [0.25, 0.3) is 0 Å². The molecule has 1 aliphatic rings. The molecule has 3 amide bonds. The van der Waals surface area contributed by atoms with Gasteiger partial charge in [0.05, 0.1) is 6.04 Å². The number of nitrogens with zero attached hydrogens (tertiary/aromatic N) is 2. The normalized spacial score (nSPS) is 17.3. The van der Waals surface area contributed by atoms with E-state index in [4.69, 9.17) is 5.73 Å². The van der Waals surface area contributed by atoms with Crippen LogP contribution in [0.1, 0.15) is 32.3 Å². The number of primary amides is 1. The molecule has 1 aromatic rings. The second-order valence-corrected chi connectivity index (χ2v) is 6.63. The summed E-state index contributed by atoms with van der Waals surface area (Å²) in [5.41, 5.74) is 8.22. The molecule has 0 radical (unpaired) electrons. The van der Waals surface area contributed by atoms with Crippen LogP contribution in [-0.4, -0.2) is 47.4 Å². The van der Waals surface area contributed by atoms with Crippen molar-refractivity contribution in [2.75, 3.05) is 25.0 Å². The summed E-state index contributed by atoms with van der Waals surface area (Å²) in [6.45, 7) is 10.4. The lowest BCUT2D eigenvalue weighted by molar-refractivity contribution is -0.122.